The molecule has 0 spiro atoms. The minimum atomic E-state index is 0. The molecule has 4 heteroatoms. The van der Waals surface area contributed by atoms with Gasteiger partial charge in [0.25, 0.3) is 0 Å². The molecule has 3 rings (SSSR count). The zero-order valence-electron chi connectivity index (χ0n) is 13.1. The first-order chi connectivity index (χ1) is 10.3. The van der Waals surface area contributed by atoms with E-state index in [1.807, 2.05) is 0 Å². The molecule has 3 nitrogen and oxygen atoms in total. The number of hydrogen-bond acceptors (Lipinski definition) is 2. The van der Waals surface area contributed by atoms with Gasteiger partial charge in [-0.15, -0.1) is 12.4 Å². The molecule has 0 bridgehead atoms. The quantitative estimate of drug-likeness (QED) is 0.875. The average molecular weight is 323 g/mol. The van der Waals surface area contributed by atoms with Gasteiger partial charge in [-0.25, -0.2) is 0 Å². The fourth-order valence-electron chi connectivity index (χ4n) is 3.74. The van der Waals surface area contributed by atoms with E-state index in [2.05, 4.69) is 41.0 Å². The normalized spacial score (nSPS) is 23.0. The summed E-state index contributed by atoms with van der Waals surface area (Å²) in [5, 5.41) is 6.66. The van der Waals surface area contributed by atoms with Crippen molar-refractivity contribution in [1.82, 2.24) is 10.6 Å². The summed E-state index contributed by atoms with van der Waals surface area (Å²) in [5.41, 5.74) is 1.33. The Bertz CT molecular complexity index is 453. The Labute approximate surface area is 139 Å². The topological polar surface area (TPSA) is 41.1 Å². The molecular formula is C18H27ClN2O. The van der Waals surface area contributed by atoms with Crippen LogP contribution in [0.4, 0.5) is 0 Å². The Morgan fingerprint density at radius 1 is 1.18 bits per heavy atom. The zero-order chi connectivity index (χ0) is 14.5. The highest BCUT2D eigenvalue weighted by molar-refractivity contribution is 5.85. The van der Waals surface area contributed by atoms with Gasteiger partial charge in [0.1, 0.15) is 0 Å². The van der Waals surface area contributed by atoms with Crippen molar-refractivity contribution in [2.45, 2.75) is 44.6 Å². The van der Waals surface area contributed by atoms with Crippen LogP contribution in [0.3, 0.4) is 0 Å². The van der Waals surface area contributed by atoms with E-state index in [-0.39, 0.29) is 24.2 Å². The van der Waals surface area contributed by atoms with Crippen LogP contribution in [-0.2, 0) is 11.2 Å². The Morgan fingerprint density at radius 3 is 2.55 bits per heavy atom. The number of benzene rings is 1. The fourth-order valence-corrected chi connectivity index (χ4v) is 3.74. The lowest BCUT2D eigenvalue weighted by Gasteiger charge is -2.26. The standard InChI is InChI=1S/C18H26N2O.ClH/c21-18(16-10-11-19-13-16)20-17(15-8-4-5-9-15)12-14-6-2-1-3-7-14;/h1-3,6-7,15-17,19H,4-5,8-13H2,(H,20,21);1H. The highest BCUT2D eigenvalue weighted by Gasteiger charge is 2.29. The second kappa shape index (κ2) is 8.54. The van der Waals surface area contributed by atoms with Crippen LogP contribution in [-0.4, -0.2) is 25.0 Å². The molecule has 2 unspecified atom stereocenters. The van der Waals surface area contributed by atoms with Crippen molar-refractivity contribution < 1.29 is 4.79 Å². The van der Waals surface area contributed by atoms with Crippen LogP contribution in [0.1, 0.15) is 37.7 Å². The second-order valence-electron chi connectivity index (χ2n) is 6.54. The van der Waals surface area contributed by atoms with E-state index < -0.39 is 0 Å². The first-order valence-electron chi connectivity index (χ1n) is 8.38. The van der Waals surface area contributed by atoms with Gasteiger partial charge in [-0.3, -0.25) is 4.79 Å². The highest BCUT2D eigenvalue weighted by Crippen LogP contribution is 2.29. The second-order valence-corrected chi connectivity index (χ2v) is 6.54. The van der Waals surface area contributed by atoms with Gasteiger partial charge in [-0.1, -0.05) is 43.2 Å². The average Bonchev–Trinajstić information content (AvgIpc) is 3.21. The molecular weight excluding hydrogens is 296 g/mol. The maximum absolute atomic E-state index is 12.5. The molecule has 1 aromatic carbocycles. The first kappa shape index (κ1) is 17.3. The SMILES string of the molecule is Cl.O=C(NC(Cc1ccccc1)C1CCCC1)C1CCNC1. The molecule has 1 heterocycles. The molecule has 2 N–H and O–H groups in total. The molecule has 1 saturated carbocycles. The van der Waals surface area contributed by atoms with E-state index in [9.17, 15) is 4.79 Å². The molecule has 1 aromatic rings. The molecule has 2 atom stereocenters. The third-order valence-electron chi connectivity index (χ3n) is 5.03. The Hall–Kier alpha value is -1.06. The van der Waals surface area contributed by atoms with Crippen molar-refractivity contribution in [2.24, 2.45) is 11.8 Å². The Kier molecular flexibility index (Phi) is 6.71. The summed E-state index contributed by atoms with van der Waals surface area (Å²) in [6.45, 7) is 1.82. The smallest absolute Gasteiger partial charge is 0.224 e. The lowest BCUT2D eigenvalue weighted by molar-refractivity contribution is -0.125. The van der Waals surface area contributed by atoms with Gasteiger partial charge in [-0.2, -0.15) is 0 Å². The lowest BCUT2D eigenvalue weighted by Crippen LogP contribution is -2.44. The van der Waals surface area contributed by atoms with Gasteiger partial charge in [0, 0.05) is 12.6 Å². The van der Waals surface area contributed by atoms with Gasteiger partial charge < -0.3 is 10.6 Å². The van der Waals surface area contributed by atoms with E-state index in [1.54, 1.807) is 0 Å². The summed E-state index contributed by atoms with van der Waals surface area (Å²) >= 11 is 0. The Morgan fingerprint density at radius 2 is 1.91 bits per heavy atom. The van der Waals surface area contributed by atoms with Crippen LogP contribution >= 0.6 is 12.4 Å². The summed E-state index contributed by atoms with van der Waals surface area (Å²) < 4.78 is 0. The van der Waals surface area contributed by atoms with Crippen molar-refractivity contribution in [3.63, 3.8) is 0 Å². The summed E-state index contributed by atoms with van der Waals surface area (Å²) in [6, 6.07) is 10.9. The zero-order valence-corrected chi connectivity index (χ0v) is 13.9. The molecule has 2 aliphatic rings. The van der Waals surface area contributed by atoms with Crippen molar-refractivity contribution in [2.75, 3.05) is 13.1 Å². The molecule has 0 radical (unpaired) electrons. The van der Waals surface area contributed by atoms with E-state index >= 15 is 0 Å². The van der Waals surface area contributed by atoms with Gasteiger partial charge in [-0.05, 0) is 43.7 Å². The summed E-state index contributed by atoms with van der Waals surface area (Å²) in [6.07, 6.45) is 7.11. The summed E-state index contributed by atoms with van der Waals surface area (Å²) in [5.74, 6) is 1.08. The van der Waals surface area contributed by atoms with E-state index in [1.165, 1.54) is 31.2 Å². The van der Waals surface area contributed by atoms with Crippen molar-refractivity contribution >= 4 is 18.3 Å². The van der Waals surface area contributed by atoms with Gasteiger partial charge in [0.2, 0.25) is 5.91 Å². The van der Waals surface area contributed by atoms with Crippen LogP contribution in [0, 0.1) is 11.8 Å². The molecule has 1 aliphatic carbocycles. The first-order valence-corrected chi connectivity index (χ1v) is 8.38. The lowest BCUT2D eigenvalue weighted by atomic mass is 9.91. The largest absolute Gasteiger partial charge is 0.352 e. The number of carbonyl (C=O) groups is 1. The van der Waals surface area contributed by atoms with E-state index in [0.29, 0.717) is 12.0 Å². The monoisotopic (exact) mass is 322 g/mol. The molecule has 122 valence electrons. The minimum Gasteiger partial charge on any atom is -0.352 e. The number of amides is 1. The summed E-state index contributed by atoms with van der Waals surface area (Å²) in [4.78, 5) is 12.5. The van der Waals surface area contributed by atoms with Crippen LogP contribution in [0.2, 0.25) is 0 Å². The maximum atomic E-state index is 12.5. The van der Waals surface area contributed by atoms with Crippen LogP contribution in [0.5, 0.6) is 0 Å². The summed E-state index contributed by atoms with van der Waals surface area (Å²) in [7, 11) is 0. The number of carbonyl (C=O) groups excluding carboxylic acids is 1. The molecule has 1 saturated heterocycles. The van der Waals surface area contributed by atoms with Crippen molar-refractivity contribution in [3.05, 3.63) is 35.9 Å². The minimum absolute atomic E-state index is 0. The fraction of sp³-hybridized carbons (Fsp3) is 0.611. The number of halogens is 1. The number of rotatable bonds is 5. The van der Waals surface area contributed by atoms with Crippen molar-refractivity contribution in [1.29, 1.82) is 0 Å². The number of hydrogen-bond donors (Lipinski definition) is 2. The third-order valence-corrected chi connectivity index (χ3v) is 5.03. The number of nitrogens with one attached hydrogen (secondary N) is 2. The molecule has 0 aromatic heterocycles. The van der Waals surface area contributed by atoms with Crippen LogP contribution in [0.15, 0.2) is 30.3 Å². The van der Waals surface area contributed by atoms with Crippen LogP contribution in [0.25, 0.3) is 0 Å². The van der Waals surface area contributed by atoms with Gasteiger partial charge in [0.05, 0.1) is 5.92 Å². The molecule has 2 fully saturated rings. The van der Waals surface area contributed by atoms with Crippen molar-refractivity contribution in [3.8, 4) is 0 Å². The van der Waals surface area contributed by atoms with E-state index in [0.717, 1.165) is 25.9 Å². The van der Waals surface area contributed by atoms with Crippen LogP contribution < -0.4 is 10.6 Å². The van der Waals surface area contributed by atoms with Gasteiger partial charge in [0.15, 0.2) is 0 Å². The predicted molar refractivity (Wildman–Crippen MR) is 92.3 cm³/mol. The highest BCUT2D eigenvalue weighted by atomic mass is 35.5. The maximum Gasteiger partial charge on any atom is 0.224 e. The predicted octanol–water partition coefficient (Wildman–Crippen LogP) is 2.94. The molecule has 22 heavy (non-hydrogen) atoms. The molecule has 1 aliphatic heterocycles. The Balaban J connectivity index is 0.00000176. The molecule has 1 amide bonds. The van der Waals surface area contributed by atoms with E-state index in [4.69, 9.17) is 0 Å². The van der Waals surface area contributed by atoms with Gasteiger partial charge >= 0.3 is 0 Å². The third kappa shape index (κ3) is 4.47.